The summed E-state index contributed by atoms with van der Waals surface area (Å²) in [5.41, 5.74) is 0.429. The van der Waals surface area contributed by atoms with E-state index in [-0.39, 0.29) is 18.4 Å². The normalized spacial score (nSPS) is 14.4. The van der Waals surface area contributed by atoms with E-state index in [0.29, 0.717) is 49.3 Å². The van der Waals surface area contributed by atoms with Crippen LogP contribution in [-0.4, -0.2) is 61.1 Å². The van der Waals surface area contributed by atoms with Crippen molar-refractivity contribution in [3.05, 3.63) is 22.8 Å². The molecule has 0 bridgehead atoms. The molecule has 0 spiro atoms. The fourth-order valence-corrected chi connectivity index (χ4v) is 2.36. The molecule has 1 aromatic heterocycles. The maximum atomic E-state index is 12.3. The lowest BCUT2D eigenvalue weighted by atomic mass is 10.2. The van der Waals surface area contributed by atoms with Crippen LogP contribution in [0.3, 0.4) is 0 Å². The molecule has 0 radical (unpaired) electrons. The molecular weight excluding hydrogens is 320 g/mol. The fourth-order valence-electron chi connectivity index (χ4n) is 2.12. The number of carbonyl (C=O) groups is 2. The van der Waals surface area contributed by atoms with Gasteiger partial charge in [0.2, 0.25) is 5.91 Å². The van der Waals surface area contributed by atoms with Gasteiger partial charge in [0.05, 0.1) is 30.3 Å². The van der Waals surface area contributed by atoms with E-state index in [9.17, 15) is 9.59 Å². The van der Waals surface area contributed by atoms with Gasteiger partial charge in [-0.1, -0.05) is 18.5 Å². The summed E-state index contributed by atoms with van der Waals surface area (Å²) in [5.74, 6) is 0.143. The Balaban J connectivity index is 1.94. The van der Waals surface area contributed by atoms with E-state index >= 15 is 0 Å². The van der Waals surface area contributed by atoms with Crippen LogP contribution < -0.4 is 10.6 Å². The van der Waals surface area contributed by atoms with Crippen molar-refractivity contribution >= 4 is 29.2 Å². The molecule has 2 N–H and O–H groups in total. The second kappa shape index (κ2) is 8.69. The van der Waals surface area contributed by atoms with Crippen LogP contribution in [0.5, 0.6) is 0 Å². The molecule has 2 rings (SSSR count). The predicted molar refractivity (Wildman–Crippen MR) is 87.8 cm³/mol. The molecule has 0 aromatic carbocycles. The summed E-state index contributed by atoms with van der Waals surface area (Å²) in [6.07, 6.45) is 2.35. The Morgan fingerprint density at radius 2 is 2.13 bits per heavy atom. The molecule has 1 aliphatic rings. The molecule has 1 aromatic rings. The minimum absolute atomic E-state index is 0.0868. The number of morpholine rings is 1. The highest BCUT2D eigenvalue weighted by Crippen LogP contribution is 2.21. The molecule has 7 nitrogen and oxygen atoms in total. The summed E-state index contributed by atoms with van der Waals surface area (Å²) in [4.78, 5) is 29.7. The van der Waals surface area contributed by atoms with Gasteiger partial charge in [0.1, 0.15) is 5.82 Å². The lowest BCUT2D eigenvalue weighted by Crippen LogP contribution is -2.40. The van der Waals surface area contributed by atoms with Gasteiger partial charge in [-0.15, -0.1) is 0 Å². The first kappa shape index (κ1) is 17.5. The molecule has 1 fully saturated rings. The second-order valence-corrected chi connectivity index (χ2v) is 5.57. The van der Waals surface area contributed by atoms with Crippen molar-refractivity contribution in [2.75, 3.05) is 44.7 Å². The highest BCUT2D eigenvalue weighted by atomic mass is 35.5. The van der Waals surface area contributed by atoms with Crippen LogP contribution in [0.25, 0.3) is 0 Å². The third kappa shape index (κ3) is 5.07. The van der Waals surface area contributed by atoms with Gasteiger partial charge in [-0.05, 0) is 12.5 Å². The fraction of sp³-hybridized carbons (Fsp3) is 0.533. The highest BCUT2D eigenvalue weighted by molar-refractivity contribution is 6.33. The summed E-state index contributed by atoms with van der Waals surface area (Å²) < 4.78 is 5.23. The SMILES string of the molecule is CCCNC(=O)CNc1ncc(C(=O)N2CCOCC2)cc1Cl. The summed E-state index contributed by atoms with van der Waals surface area (Å²) in [6.45, 7) is 4.91. The molecule has 126 valence electrons. The van der Waals surface area contributed by atoms with Crippen molar-refractivity contribution < 1.29 is 14.3 Å². The summed E-state index contributed by atoms with van der Waals surface area (Å²) >= 11 is 6.15. The van der Waals surface area contributed by atoms with Gasteiger partial charge in [-0.25, -0.2) is 4.98 Å². The molecule has 2 amide bonds. The molecule has 0 saturated carbocycles. The number of pyridine rings is 1. The van der Waals surface area contributed by atoms with E-state index in [0.717, 1.165) is 6.42 Å². The van der Waals surface area contributed by atoms with Crippen LogP contribution in [0.1, 0.15) is 23.7 Å². The van der Waals surface area contributed by atoms with Crippen molar-refractivity contribution in [3.8, 4) is 0 Å². The minimum Gasteiger partial charge on any atom is -0.378 e. The zero-order chi connectivity index (χ0) is 16.7. The average molecular weight is 341 g/mol. The van der Waals surface area contributed by atoms with E-state index < -0.39 is 0 Å². The Bertz CT molecular complexity index is 562. The largest absolute Gasteiger partial charge is 0.378 e. The molecular formula is C15H21ClN4O3. The van der Waals surface area contributed by atoms with Gasteiger partial charge in [-0.3, -0.25) is 9.59 Å². The number of hydrogen-bond acceptors (Lipinski definition) is 5. The first-order valence-corrected chi connectivity index (χ1v) is 8.02. The maximum Gasteiger partial charge on any atom is 0.255 e. The third-order valence-electron chi connectivity index (χ3n) is 3.37. The van der Waals surface area contributed by atoms with Crippen molar-refractivity contribution in [2.24, 2.45) is 0 Å². The minimum atomic E-state index is -0.127. The Labute approximate surface area is 140 Å². The van der Waals surface area contributed by atoms with Crippen LogP contribution in [0.15, 0.2) is 12.3 Å². The van der Waals surface area contributed by atoms with Gasteiger partial charge in [0, 0.05) is 25.8 Å². The Morgan fingerprint density at radius 1 is 1.39 bits per heavy atom. The number of ether oxygens (including phenoxy) is 1. The monoisotopic (exact) mass is 340 g/mol. The number of amides is 2. The van der Waals surface area contributed by atoms with E-state index in [1.807, 2.05) is 6.92 Å². The number of hydrogen-bond donors (Lipinski definition) is 2. The number of aromatic nitrogens is 1. The maximum absolute atomic E-state index is 12.3. The van der Waals surface area contributed by atoms with Crippen LogP contribution in [0.4, 0.5) is 5.82 Å². The van der Waals surface area contributed by atoms with E-state index in [1.165, 1.54) is 6.20 Å². The smallest absolute Gasteiger partial charge is 0.255 e. The quantitative estimate of drug-likeness (QED) is 0.811. The van der Waals surface area contributed by atoms with Gasteiger partial charge < -0.3 is 20.3 Å². The molecule has 1 aliphatic heterocycles. The zero-order valence-electron chi connectivity index (χ0n) is 13.1. The van der Waals surface area contributed by atoms with Crippen molar-refractivity contribution in [3.63, 3.8) is 0 Å². The molecule has 23 heavy (non-hydrogen) atoms. The Kier molecular flexibility index (Phi) is 6.61. The topological polar surface area (TPSA) is 83.6 Å². The molecule has 0 atom stereocenters. The van der Waals surface area contributed by atoms with Crippen molar-refractivity contribution in [1.82, 2.24) is 15.2 Å². The molecule has 0 aliphatic carbocycles. The molecule has 2 heterocycles. The van der Waals surface area contributed by atoms with Gasteiger partial charge in [-0.2, -0.15) is 0 Å². The average Bonchev–Trinajstić information content (AvgIpc) is 2.59. The number of rotatable bonds is 6. The molecule has 0 unspecified atom stereocenters. The van der Waals surface area contributed by atoms with E-state index in [2.05, 4.69) is 15.6 Å². The Hall–Kier alpha value is -1.86. The number of carbonyl (C=O) groups excluding carboxylic acids is 2. The zero-order valence-corrected chi connectivity index (χ0v) is 13.9. The van der Waals surface area contributed by atoms with Gasteiger partial charge in [0.15, 0.2) is 0 Å². The summed E-state index contributed by atoms with van der Waals surface area (Å²) in [5, 5.41) is 5.93. The second-order valence-electron chi connectivity index (χ2n) is 5.16. The lowest BCUT2D eigenvalue weighted by Gasteiger charge is -2.26. The number of nitrogens with zero attached hydrogens (tertiary/aromatic N) is 2. The van der Waals surface area contributed by atoms with Crippen LogP contribution in [-0.2, 0) is 9.53 Å². The number of nitrogens with one attached hydrogen (secondary N) is 2. The van der Waals surface area contributed by atoms with Crippen LogP contribution in [0, 0.1) is 0 Å². The Morgan fingerprint density at radius 3 is 2.78 bits per heavy atom. The van der Waals surface area contributed by atoms with Crippen molar-refractivity contribution in [1.29, 1.82) is 0 Å². The standard InChI is InChI=1S/C15H21ClN4O3/c1-2-3-17-13(21)10-19-14-12(16)8-11(9-18-14)15(22)20-4-6-23-7-5-20/h8-9H,2-7,10H2,1H3,(H,17,21)(H,18,19). The third-order valence-corrected chi connectivity index (χ3v) is 3.66. The van der Waals surface area contributed by atoms with Gasteiger partial charge in [0.25, 0.3) is 5.91 Å². The summed E-state index contributed by atoms with van der Waals surface area (Å²) in [7, 11) is 0. The number of halogens is 1. The lowest BCUT2D eigenvalue weighted by molar-refractivity contribution is -0.119. The highest BCUT2D eigenvalue weighted by Gasteiger charge is 2.19. The van der Waals surface area contributed by atoms with E-state index in [1.54, 1.807) is 11.0 Å². The van der Waals surface area contributed by atoms with Gasteiger partial charge >= 0.3 is 0 Å². The molecule has 1 saturated heterocycles. The number of anilines is 1. The summed E-state index contributed by atoms with van der Waals surface area (Å²) in [6, 6.07) is 1.57. The first-order chi connectivity index (χ1) is 11.1. The van der Waals surface area contributed by atoms with E-state index in [4.69, 9.17) is 16.3 Å². The van der Waals surface area contributed by atoms with Crippen molar-refractivity contribution in [2.45, 2.75) is 13.3 Å². The van der Waals surface area contributed by atoms with Crippen LogP contribution in [0.2, 0.25) is 5.02 Å². The first-order valence-electron chi connectivity index (χ1n) is 7.65. The molecule has 8 heteroatoms. The van der Waals surface area contributed by atoms with Crippen LogP contribution >= 0.6 is 11.6 Å². The predicted octanol–water partition coefficient (Wildman–Crippen LogP) is 1.15.